The molecule has 4 aromatic rings. The molecule has 0 bridgehead atoms. The van der Waals surface area contributed by atoms with Crippen molar-refractivity contribution in [3.05, 3.63) is 88.5 Å². The van der Waals surface area contributed by atoms with Gasteiger partial charge in [0.1, 0.15) is 0 Å². The number of H-pyrrole nitrogens is 1. The Balaban J connectivity index is 1.70. The van der Waals surface area contributed by atoms with Gasteiger partial charge in [-0.1, -0.05) is 36.4 Å². The highest BCUT2D eigenvalue weighted by Gasteiger charge is 2.51. The summed E-state index contributed by atoms with van der Waals surface area (Å²) in [6.07, 6.45) is -0.649. The number of aryl methyl sites for hydroxylation is 1. The highest BCUT2D eigenvalue weighted by atomic mass is 16.6. The van der Waals surface area contributed by atoms with Crippen molar-refractivity contribution in [3.8, 4) is 6.01 Å². The minimum atomic E-state index is -1.74. The smallest absolute Gasteiger partial charge is 0.375 e. The van der Waals surface area contributed by atoms with Gasteiger partial charge in [-0.25, -0.2) is 4.79 Å². The third-order valence-electron chi connectivity index (χ3n) is 6.13. The molecule has 0 aliphatic carbocycles. The van der Waals surface area contributed by atoms with Crippen molar-refractivity contribution < 1.29 is 19.4 Å². The van der Waals surface area contributed by atoms with Crippen LogP contribution in [0.2, 0.25) is 0 Å². The minimum Gasteiger partial charge on any atom is -0.375 e. The molecule has 2 amide bonds. The van der Waals surface area contributed by atoms with E-state index in [0.717, 1.165) is 11.1 Å². The maximum atomic E-state index is 13.6. The van der Waals surface area contributed by atoms with Crippen molar-refractivity contribution >= 4 is 28.7 Å². The molecule has 166 valence electrons. The van der Waals surface area contributed by atoms with Gasteiger partial charge in [0, 0.05) is 23.7 Å². The maximum absolute atomic E-state index is 13.6. The summed E-state index contributed by atoms with van der Waals surface area (Å²) in [5.41, 5.74) is 3.32. The number of nitrogens with zero attached hydrogens (tertiary/aromatic N) is 2. The van der Waals surface area contributed by atoms with E-state index >= 15 is 0 Å². The van der Waals surface area contributed by atoms with E-state index < -0.39 is 11.8 Å². The zero-order chi connectivity index (χ0) is 23.3. The lowest BCUT2D eigenvalue weighted by atomic mass is 9.92. The van der Waals surface area contributed by atoms with Gasteiger partial charge in [0.05, 0.1) is 16.7 Å². The summed E-state index contributed by atoms with van der Waals surface area (Å²) in [5.74, 6) is -0.282. The van der Waals surface area contributed by atoms with Crippen LogP contribution in [-0.2, 0) is 5.72 Å². The van der Waals surface area contributed by atoms with Crippen molar-refractivity contribution in [1.29, 1.82) is 0 Å². The molecule has 8 nitrogen and oxygen atoms in total. The van der Waals surface area contributed by atoms with Gasteiger partial charge in [-0.05, 0) is 49.2 Å². The number of aliphatic hydroxyl groups is 1. The van der Waals surface area contributed by atoms with Gasteiger partial charge in [0.15, 0.2) is 5.72 Å². The van der Waals surface area contributed by atoms with Crippen LogP contribution in [0.5, 0.6) is 6.01 Å². The second-order valence-corrected chi connectivity index (χ2v) is 7.99. The minimum absolute atomic E-state index is 0.0303. The van der Waals surface area contributed by atoms with Crippen molar-refractivity contribution in [3.63, 3.8) is 0 Å². The summed E-state index contributed by atoms with van der Waals surface area (Å²) in [7, 11) is 1.45. The van der Waals surface area contributed by atoms with Crippen LogP contribution in [0, 0.1) is 13.8 Å². The standard InChI is InChI=1S/C25H22N4O4/c1-14-7-6-10-21(15(14)2)29-22(30)17-8-4-5-9-18(17)25(29,32)16-11-12-19-20(13-16)28-23(27-19)33-24(31)26-3/h4-13,32H,1-3H3,(H,26,31)(H,27,28). The van der Waals surface area contributed by atoms with Gasteiger partial charge in [0.2, 0.25) is 0 Å². The van der Waals surface area contributed by atoms with Crippen LogP contribution in [0.1, 0.15) is 32.6 Å². The number of hydrogen-bond acceptors (Lipinski definition) is 5. The fraction of sp³-hybridized carbons (Fsp3) is 0.160. The van der Waals surface area contributed by atoms with Crippen LogP contribution in [0.3, 0.4) is 0 Å². The average Bonchev–Trinajstić information content (AvgIpc) is 3.32. The Hall–Kier alpha value is -4.17. The number of carbonyl (C=O) groups is 2. The number of amides is 2. The molecule has 1 atom stereocenters. The van der Waals surface area contributed by atoms with E-state index in [2.05, 4.69) is 15.3 Å². The third kappa shape index (κ3) is 3.07. The number of rotatable bonds is 3. The van der Waals surface area contributed by atoms with E-state index in [0.29, 0.717) is 33.4 Å². The zero-order valence-electron chi connectivity index (χ0n) is 18.3. The van der Waals surface area contributed by atoms with Crippen LogP contribution in [0.4, 0.5) is 10.5 Å². The summed E-state index contributed by atoms with van der Waals surface area (Å²) in [6.45, 7) is 3.90. The molecule has 3 N–H and O–H groups in total. The van der Waals surface area contributed by atoms with Crippen molar-refractivity contribution in [2.45, 2.75) is 19.6 Å². The van der Waals surface area contributed by atoms with Crippen LogP contribution in [-0.4, -0.2) is 34.1 Å². The molecule has 2 heterocycles. The Morgan fingerprint density at radius 3 is 2.70 bits per heavy atom. The van der Waals surface area contributed by atoms with Crippen molar-refractivity contribution in [1.82, 2.24) is 15.3 Å². The molecule has 0 saturated heterocycles. The molecule has 5 rings (SSSR count). The fourth-order valence-electron chi connectivity index (χ4n) is 4.30. The number of aromatic amines is 1. The number of benzene rings is 3. The van der Waals surface area contributed by atoms with Gasteiger partial charge in [-0.15, -0.1) is 0 Å². The lowest BCUT2D eigenvalue weighted by Crippen LogP contribution is -2.45. The highest BCUT2D eigenvalue weighted by Crippen LogP contribution is 2.46. The van der Waals surface area contributed by atoms with Crippen molar-refractivity contribution in [2.24, 2.45) is 0 Å². The summed E-state index contributed by atoms with van der Waals surface area (Å²) < 4.78 is 5.09. The number of fused-ring (bicyclic) bond motifs is 2. The first kappa shape index (κ1) is 20.7. The van der Waals surface area contributed by atoms with E-state index in [-0.39, 0.29) is 11.9 Å². The average molecular weight is 442 g/mol. The van der Waals surface area contributed by atoms with E-state index in [4.69, 9.17) is 4.74 Å². The Kier molecular flexibility index (Phi) is 4.68. The first-order chi connectivity index (χ1) is 15.8. The summed E-state index contributed by atoms with van der Waals surface area (Å²) in [4.78, 5) is 33.7. The van der Waals surface area contributed by atoms with Gasteiger partial charge in [-0.3, -0.25) is 9.69 Å². The van der Waals surface area contributed by atoms with Crippen molar-refractivity contribution in [2.75, 3.05) is 11.9 Å². The van der Waals surface area contributed by atoms with E-state index in [9.17, 15) is 14.7 Å². The number of hydrogen-bond donors (Lipinski definition) is 3. The summed E-state index contributed by atoms with van der Waals surface area (Å²) in [6, 6.07) is 17.9. The monoisotopic (exact) mass is 442 g/mol. The van der Waals surface area contributed by atoms with E-state index in [1.165, 1.54) is 11.9 Å². The normalized spacial score (nSPS) is 17.3. The lowest BCUT2D eigenvalue weighted by molar-refractivity contribution is 0.0703. The molecule has 1 unspecified atom stereocenters. The number of carbonyl (C=O) groups excluding carboxylic acids is 2. The molecule has 8 heteroatoms. The topological polar surface area (TPSA) is 108 Å². The number of imidazole rings is 1. The molecule has 0 saturated carbocycles. The number of ether oxygens (including phenoxy) is 1. The first-order valence-corrected chi connectivity index (χ1v) is 10.5. The fourth-order valence-corrected chi connectivity index (χ4v) is 4.30. The molecule has 0 fully saturated rings. The SMILES string of the molecule is CNC(=O)Oc1nc2ccc(C3(O)c4ccccc4C(=O)N3c3cccc(C)c3C)cc2[nH]1. The van der Waals surface area contributed by atoms with Gasteiger partial charge in [0.25, 0.3) is 5.91 Å². The summed E-state index contributed by atoms with van der Waals surface area (Å²) >= 11 is 0. The van der Waals surface area contributed by atoms with E-state index in [1.54, 1.807) is 42.5 Å². The molecular formula is C25H22N4O4. The second kappa shape index (κ2) is 7.46. The molecule has 1 aromatic heterocycles. The number of aromatic nitrogens is 2. The Labute approximate surface area is 189 Å². The predicted octanol–water partition coefficient (Wildman–Crippen LogP) is 3.75. The van der Waals surface area contributed by atoms with Gasteiger partial charge < -0.3 is 20.1 Å². The zero-order valence-corrected chi connectivity index (χ0v) is 18.3. The third-order valence-corrected chi connectivity index (χ3v) is 6.13. The lowest BCUT2D eigenvalue weighted by Gasteiger charge is -2.36. The second-order valence-electron chi connectivity index (χ2n) is 7.99. The van der Waals surface area contributed by atoms with E-state index in [1.807, 2.05) is 32.0 Å². The molecule has 1 aliphatic rings. The molecule has 33 heavy (non-hydrogen) atoms. The Morgan fingerprint density at radius 1 is 1.12 bits per heavy atom. The Morgan fingerprint density at radius 2 is 1.91 bits per heavy atom. The predicted molar refractivity (Wildman–Crippen MR) is 123 cm³/mol. The van der Waals surface area contributed by atoms with Gasteiger partial charge in [-0.2, -0.15) is 4.98 Å². The molecule has 0 spiro atoms. The highest BCUT2D eigenvalue weighted by molar-refractivity contribution is 6.13. The molecular weight excluding hydrogens is 420 g/mol. The van der Waals surface area contributed by atoms with Crippen LogP contribution >= 0.6 is 0 Å². The largest absolute Gasteiger partial charge is 0.414 e. The number of anilines is 1. The first-order valence-electron chi connectivity index (χ1n) is 10.5. The van der Waals surface area contributed by atoms with Gasteiger partial charge >= 0.3 is 12.1 Å². The molecule has 0 radical (unpaired) electrons. The van der Waals surface area contributed by atoms with Crippen LogP contribution < -0.4 is 15.0 Å². The Bertz CT molecular complexity index is 1430. The molecule has 1 aliphatic heterocycles. The number of nitrogens with one attached hydrogen (secondary N) is 2. The van der Waals surface area contributed by atoms with Crippen LogP contribution in [0.25, 0.3) is 11.0 Å². The quantitative estimate of drug-likeness (QED) is 0.448. The molecule has 3 aromatic carbocycles. The van der Waals surface area contributed by atoms with Crippen LogP contribution in [0.15, 0.2) is 60.7 Å². The maximum Gasteiger partial charge on any atom is 0.414 e. The summed E-state index contributed by atoms with van der Waals surface area (Å²) in [5, 5.41) is 14.6.